The first-order valence-corrected chi connectivity index (χ1v) is 10.0. The van der Waals surface area contributed by atoms with E-state index in [0.29, 0.717) is 23.1 Å². The van der Waals surface area contributed by atoms with Gasteiger partial charge in [0.2, 0.25) is 0 Å². The van der Waals surface area contributed by atoms with Gasteiger partial charge in [0.15, 0.2) is 5.13 Å². The fraction of sp³-hybridized carbons (Fsp3) is 0.0476. The van der Waals surface area contributed by atoms with E-state index in [-0.39, 0.29) is 22.4 Å². The van der Waals surface area contributed by atoms with Crippen molar-refractivity contribution in [1.29, 1.82) is 0 Å². The van der Waals surface area contributed by atoms with Crippen molar-refractivity contribution in [2.75, 3.05) is 17.7 Å². The molecule has 0 saturated carbocycles. The van der Waals surface area contributed by atoms with Gasteiger partial charge in [-0.1, -0.05) is 11.3 Å². The predicted octanol–water partition coefficient (Wildman–Crippen LogP) is 4.77. The minimum atomic E-state index is -0.887. The molecule has 0 unspecified atom stereocenters. The number of carbonyl (C=O) groups is 2. The highest BCUT2D eigenvalue weighted by molar-refractivity contribution is 7.22. The summed E-state index contributed by atoms with van der Waals surface area (Å²) in [5.41, 5.74) is 0.680. The van der Waals surface area contributed by atoms with Crippen LogP contribution in [0, 0.1) is 11.6 Å². The lowest BCUT2D eigenvalue weighted by atomic mass is 10.3. The van der Waals surface area contributed by atoms with Gasteiger partial charge in [0.1, 0.15) is 28.8 Å². The van der Waals surface area contributed by atoms with Crippen LogP contribution < -0.4 is 20.7 Å². The molecule has 32 heavy (non-hydrogen) atoms. The fourth-order valence-corrected chi connectivity index (χ4v) is 3.62. The van der Waals surface area contributed by atoms with Gasteiger partial charge >= 0.3 is 6.03 Å². The van der Waals surface area contributed by atoms with Crippen LogP contribution in [0.3, 0.4) is 0 Å². The van der Waals surface area contributed by atoms with Crippen LogP contribution in [0.15, 0.2) is 54.7 Å². The number of ether oxygens (including phenoxy) is 1. The number of fused-ring (bicyclic) bond motifs is 1. The molecule has 0 aliphatic carbocycles. The van der Waals surface area contributed by atoms with E-state index in [2.05, 4.69) is 25.9 Å². The maximum absolute atomic E-state index is 13.7. The van der Waals surface area contributed by atoms with Crippen LogP contribution in [-0.4, -0.2) is 29.0 Å². The number of aromatic nitrogens is 2. The lowest BCUT2D eigenvalue weighted by Gasteiger charge is -2.06. The van der Waals surface area contributed by atoms with Crippen LogP contribution in [0.25, 0.3) is 10.2 Å². The van der Waals surface area contributed by atoms with Gasteiger partial charge in [0.05, 0.1) is 15.9 Å². The minimum Gasteiger partial charge on any atom is -0.457 e. The van der Waals surface area contributed by atoms with Crippen molar-refractivity contribution in [2.45, 2.75) is 0 Å². The lowest BCUT2D eigenvalue weighted by molar-refractivity contribution is 0.0958. The number of nitrogens with zero attached hydrogens (tertiary/aromatic N) is 2. The third kappa shape index (κ3) is 4.78. The number of pyridine rings is 1. The van der Waals surface area contributed by atoms with Crippen LogP contribution in [0.1, 0.15) is 10.5 Å². The number of nitrogens with one attached hydrogen (secondary N) is 3. The summed E-state index contributed by atoms with van der Waals surface area (Å²) in [7, 11) is 1.51. The third-order valence-electron chi connectivity index (χ3n) is 4.19. The molecule has 2 aromatic heterocycles. The van der Waals surface area contributed by atoms with Crippen molar-refractivity contribution in [3.8, 4) is 11.5 Å². The van der Waals surface area contributed by atoms with Crippen LogP contribution in [-0.2, 0) is 0 Å². The van der Waals surface area contributed by atoms with E-state index >= 15 is 0 Å². The van der Waals surface area contributed by atoms with E-state index in [1.807, 2.05) is 0 Å². The summed E-state index contributed by atoms with van der Waals surface area (Å²) in [4.78, 5) is 32.1. The highest BCUT2D eigenvalue weighted by Gasteiger charge is 2.12. The molecule has 3 N–H and O–H groups in total. The molecule has 8 nitrogen and oxygen atoms in total. The first-order chi connectivity index (χ1) is 15.4. The van der Waals surface area contributed by atoms with E-state index in [1.165, 1.54) is 30.6 Å². The van der Waals surface area contributed by atoms with E-state index < -0.39 is 17.7 Å². The second-order valence-corrected chi connectivity index (χ2v) is 7.44. The molecule has 0 bridgehead atoms. The van der Waals surface area contributed by atoms with E-state index in [9.17, 15) is 18.4 Å². The molecule has 0 aliphatic rings. The third-order valence-corrected chi connectivity index (χ3v) is 5.12. The van der Waals surface area contributed by atoms with Crippen LogP contribution in [0.4, 0.5) is 24.4 Å². The molecule has 0 fully saturated rings. The topological polar surface area (TPSA) is 105 Å². The molecule has 4 aromatic rings. The van der Waals surface area contributed by atoms with Gasteiger partial charge in [-0.3, -0.25) is 15.1 Å². The van der Waals surface area contributed by atoms with Gasteiger partial charge < -0.3 is 15.4 Å². The largest absolute Gasteiger partial charge is 0.457 e. The molecule has 3 amide bonds. The highest BCUT2D eigenvalue weighted by Crippen LogP contribution is 2.31. The Morgan fingerprint density at radius 1 is 1.00 bits per heavy atom. The van der Waals surface area contributed by atoms with Crippen molar-refractivity contribution in [2.24, 2.45) is 0 Å². The van der Waals surface area contributed by atoms with E-state index in [4.69, 9.17) is 4.74 Å². The van der Waals surface area contributed by atoms with Crippen molar-refractivity contribution in [1.82, 2.24) is 15.3 Å². The van der Waals surface area contributed by atoms with Crippen molar-refractivity contribution in [3.05, 3.63) is 72.1 Å². The van der Waals surface area contributed by atoms with Gasteiger partial charge in [-0.05, 0) is 30.3 Å². The fourth-order valence-electron chi connectivity index (χ4n) is 2.73. The number of carbonyl (C=O) groups excluding carboxylic acids is 2. The number of halogens is 2. The first-order valence-electron chi connectivity index (χ1n) is 9.21. The average molecular weight is 455 g/mol. The molecule has 0 spiro atoms. The number of anilines is 2. The predicted molar refractivity (Wildman–Crippen MR) is 116 cm³/mol. The summed E-state index contributed by atoms with van der Waals surface area (Å²) >= 11 is 1.19. The van der Waals surface area contributed by atoms with Crippen LogP contribution >= 0.6 is 11.3 Å². The Balaban J connectivity index is 1.47. The lowest BCUT2D eigenvalue weighted by Crippen LogP contribution is -2.20. The summed E-state index contributed by atoms with van der Waals surface area (Å²) in [6.45, 7) is 0. The molecular formula is C21H15F2N5O3S. The molecule has 11 heteroatoms. The van der Waals surface area contributed by atoms with Crippen LogP contribution in [0.5, 0.6) is 11.5 Å². The highest BCUT2D eigenvalue weighted by atomic mass is 32.1. The molecule has 2 aromatic carbocycles. The zero-order valence-electron chi connectivity index (χ0n) is 16.5. The molecule has 0 saturated heterocycles. The standard InChI is InChI=1S/C21H15F2N5O3S/c1-24-19(29)17-9-13(6-7-25-17)31-12-3-5-16-18(10-12)32-21(27-16)28-20(30)26-15-4-2-11(22)8-14(15)23/h2-10H,1H3,(H,24,29)(H2,26,27,28,30). The summed E-state index contributed by atoms with van der Waals surface area (Å²) in [6, 6.07) is 10.4. The minimum absolute atomic E-state index is 0.158. The van der Waals surface area contributed by atoms with Crippen molar-refractivity contribution < 1.29 is 23.1 Å². The molecule has 4 rings (SSSR count). The smallest absolute Gasteiger partial charge is 0.325 e. The maximum atomic E-state index is 13.7. The summed E-state index contributed by atoms with van der Waals surface area (Å²) in [6.07, 6.45) is 1.47. The van der Waals surface area contributed by atoms with Gasteiger partial charge in [-0.2, -0.15) is 0 Å². The zero-order chi connectivity index (χ0) is 22.7. The Labute approximate surface area is 184 Å². The summed E-state index contributed by atoms with van der Waals surface area (Å²) in [5.74, 6) is -1.03. The van der Waals surface area contributed by atoms with E-state index in [0.717, 1.165) is 16.8 Å². The number of rotatable bonds is 5. The normalized spacial score (nSPS) is 10.6. The van der Waals surface area contributed by atoms with Gasteiger partial charge in [0, 0.05) is 31.4 Å². The first kappa shape index (κ1) is 21.1. The second-order valence-electron chi connectivity index (χ2n) is 6.41. The number of hydrogen-bond acceptors (Lipinski definition) is 6. The SMILES string of the molecule is CNC(=O)c1cc(Oc2ccc3nc(NC(=O)Nc4ccc(F)cc4F)sc3c2)ccn1. The molecule has 0 aliphatic heterocycles. The Hall–Kier alpha value is -4.12. The quantitative estimate of drug-likeness (QED) is 0.402. The van der Waals surface area contributed by atoms with Crippen LogP contribution in [0.2, 0.25) is 0 Å². The molecule has 0 radical (unpaired) electrons. The Morgan fingerprint density at radius 3 is 2.59 bits per heavy atom. The van der Waals surface area contributed by atoms with Crippen molar-refractivity contribution >= 4 is 44.3 Å². The maximum Gasteiger partial charge on any atom is 0.325 e. The van der Waals surface area contributed by atoms with Gasteiger partial charge in [-0.25, -0.2) is 18.6 Å². The number of urea groups is 1. The van der Waals surface area contributed by atoms with Gasteiger partial charge in [0.25, 0.3) is 5.91 Å². The zero-order valence-corrected chi connectivity index (χ0v) is 17.3. The second kappa shape index (κ2) is 8.94. The Bertz CT molecular complexity index is 1330. The summed E-state index contributed by atoms with van der Waals surface area (Å²) < 4.78 is 33.2. The molecular weight excluding hydrogens is 440 g/mol. The monoisotopic (exact) mass is 455 g/mol. The molecule has 162 valence electrons. The summed E-state index contributed by atoms with van der Waals surface area (Å²) in [5, 5.41) is 7.60. The average Bonchev–Trinajstić information content (AvgIpc) is 3.16. The number of thiazole rings is 1. The van der Waals surface area contributed by atoms with Gasteiger partial charge in [-0.15, -0.1) is 0 Å². The molecule has 0 atom stereocenters. The van der Waals surface area contributed by atoms with E-state index in [1.54, 1.807) is 24.3 Å². The Morgan fingerprint density at radius 2 is 1.81 bits per heavy atom. The van der Waals surface area contributed by atoms with Crippen molar-refractivity contribution in [3.63, 3.8) is 0 Å². The molecule has 2 heterocycles. The Kier molecular flexibility index (Phi) is 5.90. The number of hydrogen-bond donors (Lipinski definition) is 3. The number of benzene rings is 2. The number of amides is 3.